The lowest BCUT2D eigenvalue weighted by atomic mass is 10.1. The van der Waals surface area contributed by atoms with Crippen molar-refractivity contribution < 1.29 is 14.6 Å². The number of methoxy groups -OCH3 is 1. The summed E-state index contributed by atoms with van der Waals surface area (Å²) in [4.78, 5) is 13.0. The van der Waals surface area contributed by atoms with E-state index >= 15 is 0 Å². The Balaban J connectivity index is 1.79. The van der Waals surface area contributed by atoms with Crippen LogP contribution in [-0.2, 0) is 4.74 Å². The van der Waals surface area contributed by atoms with Crippen molar-refractivity contribution in [3.63, 3.8) is 0 Å². The molecule has 0 aliphatic carbocycles. The normalized spacial score (nSPS) is 18.6. The molecule has 18 heavy (non-hydrogen) atoms. The summed E-state index contributed by atoms with van der Waals surface area (Å²) >= 11 is 0. The number of aromatic carboxylic acids is 1. The first-order valence-electron chi connectivity index (χ1n) is 5.96. The van der Waals surface area contributed by atoms with Crippen molar-refractivity contribution in [3.8, 4) is 0 Å². The maximum atomic E-state index is 10.7. The summed E-state index contributed by atoms with van der Waals surface area (Å²) in [6.07, 6.45) is 1.49. The van der Waals surface area contributed by atoms with E-state index in [4.69, 9.17) is 9.84 Å². The second-order valence-corrected chi connectivity index (χ2v) is 4.82. The largest absolute Gasteiger partial charge is 0.476 e. The van der Waals surface area contributed by atoms with Gasteiger partial charge in [-0.3, -0.25) is 4.90 Å². The maximum absolute atomic E-state index is 10.7. The molecule has 1 atom stereocenters. The SMILES string of the molecule is COCC(C)CN1CC(n2cc(C(=O)O)nn2)C1. The molecule has 1 saturated heterocycles. The van der Waals surface area contributed by atoms with E-state index in [2.05, 4.69) is 22.1 Å². The van der Waals surface area contributed by atoms with Crippen LogP contribution >= 0.6 is 0 Å². The van der Waals surface area contributed by atoms with E-state index in [-0.39, 0.29) is 11.7 Å². The average molecular weight is 254 g/mol. The van der Waals surface area contributed by atoms with Crippen molar-refractivity contribution in [1.29, 1.82) is 0 Å². The van der Waals surface area contributed by atoms with E-state index in [9.17, 15) is 4.79 Å². The number of hydrogen-bond acceptors (Lipinski definition) is 5. The van der Waals surface area contributed by atoms with E-state index in [1.54, 1.807) is 11.8 Å². The molecule has 0 spiro atoms. The van der Waals surface area contributed by atoms with Gasteiger partial charge in [0, 0.05) is 33.4 Å². The first kappa shape index (κ1) is 13.0. The zero-order valence-electron chi connectivity index (χ0n) is 10.6. The van der Waals surface area contributed by atoms with Gasteiger partial charge in [0.1, 0.15) is 0 Å². The van der Waals surface area contributed by atoms with Gasteiger partial charge in [-0.1, -0.05) is 12.1 Å². The molecular weight excluding hydrogens is 236 g/mol. The van der Waals surface area contributed by atoms with Crippen LogP contribution < -0.4 is 0 Å². The molecule has 7 nitrogen and oxygen atoms in total. The summed E-state index contributed by atoms with van der Waals surface area (Å²) in [7, 11) is 1.71. The minimum Gasteiger partial charge on any atom is -0.476 e. The molecule has 2 heterocycles. The van der Waals surface area contributed by atoms with E-state index in [0.29, 0.717) is 5.92 Å². The Labute approximate surface area is 105 Å². The number of likely N-dealkylation sites (tertiary alicyclic amines) is 1. The highest BCUT2D eigenvalue weighted by Gasteiger charge is 2.30. The second-order valence-electron chi connectivity index (χ2n) is 4.82. The van der Waals surface area contributed by atoms with E-state index in [1.807, 2.05) is 0 Å². The van der Waals surface area contributed by atoms with Crippen molar-refractivity contribution in [1.82, 2.24) is 19.9 Å². The second kappa shape index (κ2) is 5.45. The summed E-state index contributed by atoms with van der Waals surface area (Å²) < 4.78 is 6.73. The van der Waals surface area contributed by atoms with E-state index in [1.165, 1.54) is 6.20 Å². The van der Waals surface area contributed by atoms with E-state index < -0.39 is 5.97 Å². The van der Waals surface area contributed by atoms with Crippen LogP contribution in [0.4, 0.5) is 0 Å². The molecule has 7 heteroatoms. The predicted octanol–water partition coefficient (Wildman–Crippen LogP) is 0.116. The monoisotopic (exact) mass is 254 g/mol. The highest BCUT2D eigenvalue weighted by atomic mass is 16.5. The predicted molar refractivity (Wildman–Crippen MR) is 63.5 cm³/mol. The highest BCUT2D eigenvalue weighted by molar-refractivity contribution is 5.84. The molecule has 100 valence electrons. The molecule has 0 bridgehead atoms. The van der Waals surface area contributed by atoms with Gasteiger partial charge in [0.05, 0.1) is 12.2 Å². The Kier molecular flexibility index (Phi) is 3.93. The van der Waals surface area contributed by atoms with Gasteiger partial charge in [-0.05, 0) is 5.92 Å². The summed E-state index contributed by atoms with van der Waals surface area (Å²) in [6, 6.07) is 0.236. The number of rotatable bonds is 6. The van der Waals surface area contributed by atoms with Gasteiger partial charge in [-0.2, -0.15) is 0 Å². The lowest BCUT2D eigenvalue weighted by molar-refractivity contribution is 0.0596. The lowest BCUT2D eigenvalue weighted by Crippen LogP contribution is -2.49. The third-order valence-electron chi connectivity index (χ3n) is 3.06. The van der Waals surface area contributed by atoms with Gasteiger partial charge in [0.15, 0.2) is 5.69 Å². The molecule has 2 rings (SSSR count). The lowest BCUT2D eigenvalue weighted by Gasteiger charge is -2.40. The number of aromatic nitrogens is 3. The number of carboxylic acids is 1. The molecule has 1 aliphatic heterocycles. The van der Waals surface area contributed by atoms with Gasteiger partial charge in [-0.15, -0.1) is 5.10 Å². The van der Waals surface area contributed by atoms with Crippen molar-refractivity contribution in [2.45, 2.75) is 13.0 Å². The van der Waals surface area contributed by atoms with Gasteiger partial charge in [0.2, 0.25) is 0 Å². The fourth-order valence-corrected chi connectivity index (χ4v) is 2.19. The third-order valence-corrected chi connectivity index (χ3v) is 3.06. The fraction of sp³-hybridized carbons (Fsp3) is 0.727. The number of nitrogens with zero attached hydrogens (tertiary/aromatic N) is 4. The quantitative estimate of drug-likeness (QED) is 0.776. The first-order chi connectivity index (χ1) is 8.60. The minimum atomic E-state index is -1.04. The van der Waals surface area contributed by atoms with Crippen LogP contribution in [0.5, 0.6) is 0 Å². The molecular formula is C11H18N4O3. The van der Waals surface area contributed by atoms with Gasteiger partial charge in [-0.25, -0.2) is 9.48 Å². The summed E-state index contributed by atoms with van der Waals surface area (Å²) in [5.74, 6) is -0.535. The number of hydrogen-bond donors (Lipinski definition) is 1. The molecule has 0 amide bonds. The first-order valence-corrected chi connectivity index (χ1v) is 5.96. The van der Waals surface area contributed by atoms with Crippen LogP contribution in [0.1, 0.15) is 23.5 Å². The van der Waals surface area contributed by atoms with Gasteiger partial charge in [0.25, 0.3) is 0 Å². The fourth-order valence-electron chi connectivity index (χ4n) is 2.19. The Morgan fingerprint density at radius 2 is 2.39 bits per heavy atom. The zero-order valence-corrected chi connectivity index (χ0v) is 10.6. The molecule has 0 radical (unpaired) electrons. The van der Waals surface area contributed by atoms with Crippen molar-refractivity contribution in [2.75, 3.05) is 33.4 Å². The minimum absolute atomic E-state index is 0.00111. The van der Waals surface area contributed by atoms with Crippen molar-refractivity contribution in [3.05, 3.63) is 11.9 Å². The average Bonchev–Trinajstić information content (AvgIpc) is 2.72. The zero-order chi connectivity index (χ0) is 13.1. The number of carbonyl (C=O) groups is 1. The molecule has 0 aromatic carbocycles. The Bertz CT molecular complexity index is 414. The summed E-state index contributed by atoms with van der Waals surface area (Å²) in [6.45, 7) is 5.67. The highest BCUT2D eigenvalue weighted by Crippen LogP contribution is 2.21. The van der Waals surface area contributed by atoms with Crippen LogP contribution in [0.25, 0.3) is 0 Å². The van der Waals surface area contributed by atoms with Crippen molar-refractivity contribution in [2.24, 2.45) is 5.92 Å². The summed E-state index contributed by atoms with van der Waals surface area (Å²) in [5, 5.41) is 16.2. The third kappa shape index (κ3) is 2.85. The standard InChI is InChI=1S/C11H18N4O3/c1-8(7-18-2)3-14-4-9(5-14)15-6-10(11(16)17)12-13-15/h6,8-9H,3-5,7H2,1-2H3,(H,16,17). The Hall–Kier alpha value is -1.47. The Morgan fingerprint density at radius 1 is 1.67 bits per heavy atom. The van der Waals surface area contributed by atoms with Crippen LogP contribution in [0.2, 0.25) is 0 Å². The van der Waals surface area contributed by atoms with Crippen LogP contribution in [-0.4, -0.2) is 64.3 Å². The molecule has 1 aromatic rings. The smallest absolute Gasteiger partial charge is 0.358 e. The Morgan fingerprint density at radius 3 is 2.94 bits per heavy atom. The van der Waals surface area contributed by atoms with Gasteiger partial charge < -0.3 is 9.84 Å². The van der Waals surface area contributed by atoms with Gasteiger partial charge >= 0.3 is 5.97 Å². The molecule has 1 N–H and O–H groups in total. The molecule has 1 fully saturated rings. The van der Waals surface area contributed by atoms with Crippen LogP contribution in [0, 0.1) is 5.92 Å². The summed E-state index contributed by atoms with van der Waals surface area (Å²) in [5.41, 5.74) is 0.00111. The molecule has 1 unspecified atom stereocenters. The molecule has 0 saturated carbocycles. The van der Waals surface area contributed by atoms with Crippen LogP contribution in [0.15, 0.2) is 6.20 Å². The molecule has 1 aliphatic rings. The number of ether oxygens (including phenoxy) is 1. The van der Waals surface area contributed by atoms with E-state index in [0.717, 1.165) is 26.2 Å². The maximum Gasteiger partial charge on any atom is 0.358 e. The number of carboxylic acid groups (broad SMARTS) is 1. The van der Waals surface area contributed by atoms with Crippen molar-refractivity contribution >= 4 is 5.97 Å². The molecule has 1 aromatic heterocycles. The topological polar surface area (TPSA) is 80.5 Å². The van der Waals surface area contributed by atoms with Crippen LogP contribution in [0.3, 0.4) is 0 Å².